The molecule has 0 amide bonds. The van der Waals surface area contributed by atoms with Gasteiger partial charge in [0.15, 0.2) is 5.82 Å². The molecule has 0 spiro atoms. The molecule has 2 aromatic rings. The molecule has 1 heterocycles. The van der Waals surface area contributed by atoms with Gasteiger partial charge >= 0.3 is 0 Å². The van der Waals surface area contributed by atoms with Gasteiger partial charge in [-0.05, 0) is 29.8 Å². The predicted octanol–water partition coefficient (Wildman–Crippen LogP) is 3.54. The summed E-state index contributed by atoms with van der Waals surface area (Å²) < 4.78 is 0. The van der Waals surface area contributed by atoms with E-state index in [0.717, 1.165) is 23.7 Å². The second kappa shape index (κ2) is 7.81. The topological polar surface area (TPSA) is 46.5 Å². The van der Waals surface area contributed by atoms with Gasteiger partial charge in [-0.15, -0.1) is 10.2 Å². The first-order valence-corrected chi connectivity index (χ1v) is 8.28. The summed E-state index contributed by atoms with van der Waals surface area (Å²) in [6, 6.07) is 18.6. The average molecular weight is 336 g/mol. The third kappa shape index (κ3) is 4.58. The SMILES string of the molecule is CN1C=C(N=Nc2ccc(N(C)Cc3ccccc3)cc2)N(C)CN1. The van der Waals surface area contributed by atoms with Crippen molar-refractivity contribution in [3.05, 3.63) is 72.2 Å². The zero-order chi connectivity index (χ0) is 17.6. The fraction of sp³-hybridized carbons (Fsp3) is 0.263. The molecule has 0 atom stereocenters. The molecule has 130 valence electrons. The summed E-state index contributed by atoms with van der Waals surface area (Å²) in [4.78, 5) is 4.22. The molecule has 25 heavy (non-hydrogen) atoms. The highest BCUT2D eigenvalue weighted by atomic mass is 15.6. The van der Waals surface area contributed by atoms with E-state index in [-0.39, 0.29) is 0 Å². The molecule has 3 rings (SSSR count). The van der Waals surface area contributed by atoms with Crippen molar-refractivity contribution in [1.29, 1.82) is 0 Å². The number of hydrazine groups is 1. The van der Waals surface area contributed by atoms with Crippen LogP contribution in [0.1, 0.15) is 5.56 Å². The van der Waals surface area contributed by atoms with E-state index in [0.29, 0.717) is 6.67 Å². The minimum absolute atomic E-state index is 0.713. The zero-order valence-electron chi connectivity index (χ0n) is 14.9. The van der Waals surface area contributed by atoms with Crippen molar-refractivity contribution in [3.8, 4) is 0 Å². The summed E-state index contributed by atoms with van der Waals surface area (Å²) in [7, 11) is 6.01. The Morgan fingerprint density at radius 2 is 1.72 bits per heavy atom. The van der Waals surface area contributed by atoms with Crippen molar-refractivity contribution >= 4 is 11.4 Å². The van der Waals surface area contributed by atoms with Crippen LogP contribution >= 0.6 is 0 Å². The van der Waals surface area contributed by atoms with E-state index < -0.39 is 0 Å². The van der Waals surface area contributed by atoms with Crippen LogP contribution in [0.4, 0.5) is 11.4 Å². The largest absolute Gasteiger partial charge is 0.370 e. The van der Waals surface area contributed by atoms with Crippen LogP contribution in [0, 0.1) is 0 Å². The monoisotopic (exact) mass is 336 g/mol. The van der Waals surface area contributed by atoms with Gasteiger partial charge in [0.05, 0.1) is 18.6 Å². The summed E-state index contributed by atoms with van der Waals surface area (Å²) in [5.41, 5.74) is 6.46. The number of nitrogens with one attached hydrogen (secondary N) is 1. The molecule has 0 bridgehead atoms. The van der Waals surface area contributed by atoms with E-state index in [4.69, 9.17) is 0 Å². The maximum atomic E-state index is 4.34. The second-order valence-corrected chi connectivity index (χ2v) is 6.17. The lowest BCUT2D eigenvalue weighted by atomic mass is 10.2. The molecular formula is C19H24N6. The molecule has 0 unspecified atom stereocenters. The van der Waals surface area contributed by atoms with Crippen molar-refractivity contribution in [1.82, 2.24) is 15.3 Å². The molecule has 0 radical (unpaired) electrons. The predicted molar refractivity (Wildman–Crippen MR) is 101 cm³/mol. The average Bonchev–Trinajstić information content (AvgIpc) is 2.64. The fourth-order valence-corrected chi connectivity index (χ4v) is 2.55. The van der Waals surface area contributed by atoms with Crippen molar-refractivity contribution in [2.45, 2.75) is 6.54 Å². The first kappa shape index (κ1) is 17.0. The Morgan fingerprint density at radius 1 is 1.00 bits per heavy atom. The highest BCUT2D eigenvalue weighted by molar-refractivity contribution is 5.52. The Hall–Kier alpha value is -2.86. The highest BCUT2D eigenvalue weighted by Crippen LogP contribution is 2.22. The summed E-state index contributed by atoms with van der Waals surface area (Å²) >= 11 is 0. The smallest absolute Gasteiger partial charge is 0.169 e. The first-order chi connectivity index (χ1) is 12.1. The summed E-state index contributed by atoms with van der Waals surface area (Å²) in [6.07, 6.45) is 1.91. The molecule has 6 heteroatoms. The van der Waals surface area contributed by atoms with Gasteiger partial charge in [-0.2, -0.15) is 0 Å². The Labute approximate surface area is 149 Å². The molecule has 0 saturated carbocycles. The normalized spacial score (nSPS) is 14.8. The Balaban J connectivity index is 1.65. The van der Waals surface area contributed by atoms with Crippen molar-refractivity contribution in [3.63, 3.8) is 0 Å². The van der Waals surface area contributed by atoms with Crippen LogP contribution in [0.2, 0.25) is 0 Å². The van der Waals surface area contributed by atoms with Gasteiger partial charge in [0.1, 0.15) is 0 Å². The molecule has 0 fully saturated rings. The third-order valence-corrected chi connectivity index (χ3v) is 4.08. The Bertz CT molecular complexity index is 738. The highest BCUT2D eigenvalue weighted by Gasteiger charge is 2.10. The van der Waals surface area contributed by atoms with E-state index in [1.165, 1.54) is 5.56 Å². The number of hydrogen-bond donors (Lipinski definition) is 1. The van der Waals surface area contributed by atoms with Gasteiger partial charge in [-0.3, -0.25) is 0 Å². The van der Waals surface area contributed by atoms with E-state index in [1.807, 2.05) is 48.4 Å². The van der Waals surface area contributed by atoms with Crippen molar-refractivity contribution < 1.29 is 0 Å². The number of rotatable bonds is 5. The van der Waals surface area contributed by atoms with E-state index in [1.54, 1.807) is 0 Å². The summed E-state index contributed by atoms with van der Waals surface area (Å²) in [6.45, 7) is 1.59. The van der Waals surface area contributed by atoms with Gasteiger partial charge in [-0.1, -0.05) is 30.3 Å². The van der Waals surface area contributed by atoms with Gasteiger partial charge in [0.2, 0.25) is 0 Å². The van der Waals surface area contributed by atoms with Gasteiger partial charge in [-0.25, -0.2) is 5.43 Å². The lowest BCUT2D eigenvalue weighted by Gasteiger charge is -2.29. The van der Waals surface area contributed by atoms with Crippen LogP contribution in [0.5, 0.6) is 0 Å². The van der Waals surface area contributed by atoms with Crippen LogP contribution < -0.4 is 10.3 Å². The minimum atomic E-state index is 0.713. The van der Waals surface area contributed by atoms with Gasteiger partial charge < -0.3 is 14.8 Å². The standard InChI is InChI=1S/C19H24N6/c1-23(13-16-7-5-4-6-8-16)18-11-9-17(10-12-18)21-22-19-14-25(3)20-15-24(19)2/h4-12,14,20H,13,15H2,1-3H3. The maximum absolute atomic E-state index is 4.34. The molecule has 0 saturated heterocycles. The summed E-state index contributed by atoms with van der Waals surface area (Å²) in [5, 5.41) is 10.6. The van der Waals surface area contributed by atoms with Crippen LogP contribution in [-0.4, -0.2) is 37.7 Å². The first-order valence-electron chi connectivity index (χ1n) is 8.28. The van der Waals surface area contributed by atoms with Crippen LogP contribution in [0.15, 0.2) is 76.8 Å². The molecular weight excluding hydrogens is 312 g/mol. The lowest BCUT2D eigenvalue weighted by Crippen LogP contribution is -2.43. The Morgan fingerprint density at radius 3 is 2.44 bits per heavy atom. The lowest BCUT2D eigenvalue weighted by molar-refractivity contribution is 0.205. The number of nitrogens with zero attached hydrogens (tertiary/aromatic N) is 5. The number of azo groups is 1. The molecule has 0 aliphatic carbocycles. The van der Waals surface area contributed by atoms with Crippen LogP contribution in [0.25, 0.3) is 0 Å². The molecule has 6 nitrogen and oxygen atoms in total. The van der Waals surface area contributed by atoms with E-state index in [9.17, 15) is 0 Å². The number of hydrogen-bond acceptors (Lipinski definition) is 6. The third-order valence-electron chi connectivity index (χ3n) is 4.08. The van der Waals surface area contributed by atoms with E-state index in [2.05, 4.69) is 64.0 Å². The fourth-order valence-electron chi connectivity index (χ4n) is 2.55. The van der Waals surface area contributed by atoms with Crippen molar-refractivity contribution in [2.24, 2.45) is 10.2 Å². The minimum Gasteiger partial charge on any atom is -0.370 e. The number of benzene rings is 2. The molecule has 1 N–H and O–H groups in total. The second-order valence-electron chi connectivity index (χ2n) is 6.17. The quantitative estimate of drug-likeness (QED) is 0.848. The maximum Gasteiger partial charge on any atom is 0.169 e. The molecule has 1 aliphatic heterocycles. The Kier molecular flexibility index (Phi) is 5.30. The van der Waals surface area contributed by atoms with Gasteiger partial charge in [0, 0.05) is 33.4 Å². The van der Waals surface area contributed by atoms with Crippen LogP contribution in [-0.2, 0) is 6.54 Å². The zero-order valence-corrected chi connectivity index (χ0v) is 14.9. The van der Waals surface area contributed by atoms with E-state index >= 15 is 0 Å². The van der Waals surface area contributed by atoms with Gasteiger partial charge in [0.25, 0.3) is 0 Å². The number of anilines is 1. The molecule has 1 aliphatic rings. The van der Waals surface area contributed by atoms with Crippen LogP contribution in [0.3, 0.4) is 0 Å². The van der Waals surface area contributed by atoms with Crippen molar-refractivity contribution in [2.75, 3.05) is 32.7 Å². The molecule has 0 aromatic heterocycles. The summed E-state index contributed by atoms with van der Waals surface area (Å²) in [5.74, 6) is 0.825. The molecule has 2 aromatic carbocycles.